The number of carbonyl (C=O) groups excluding carboxylic acids is 1. The van der Waals surface area contributed by atoms with Gasteiger partial charge < -0.3 is 10.2 Å². The van der Waals surface area contributed by atoms with Gasteiger partial charge in [0.2, 0.25) is 0 Å². The van der Waals surface area contributed by atoms with Crippen molar-refractivity contribution in [1.82, 2.24) is 20.0 Å². The maximum Gasteiger partial charge on any atom is 0.254 e. The third-order valence-corrected chi connectivity index (χ3v) is 5.20. The maximum atomic E-state index is 12.6. The van der Waals surface area contributed by atoms with Crippen LogP contribution in [-0.2, 0) is 6.54 Å². The predicted molar refractivity (Wildman–Crippen MR) is 93.7 cm³/mol. The molecule has 130 valence electrons. The lowest BCUT2D eigenvalue weighted by Crippen LogP contribution is -2.52. The van der Waals surface area contributed by atoms with E-state index >= 15 is 0 Å². The van der Waals surface area contributed by atoms with Crippen LogP contribution >= 0.6 is 0 Å². The highest BCUT2D eigenvalue weighted by Gasteiger charge is 2.33. The van der Waals surface area contributed by atoms with Crippen LogP contribution in [0.5, 0.6) is 0 Å². The van der Waals surface area contributed by atoms with Gasteiger partial charge >= 0.3 is 0 Å². The molecule has 0 saturated heterocycles. The first-order valence-electron chi connectivity index (χ1n) is 8.98. The fourth-order valence-corrected chi connectivity index (χ4v) is 3.59. The third-order valence-electron chi connectivity index (χ3n) is 5.20. The van der Waals surface area contributed by atoms with E-state index in [0.29, 0.717) is 5.56 Å². The van der Waals surface area contributed by atoms with Crippen LogP contribution in [0.25, 0.3) is 0 Å². The van der Waals surface area contributed by atoms with Gasteiger partial charge in [-0.25, -0.2) is 0 Å². The number of nitrogens with zero attached hydrogens (tertiary/aromatic N) is 3. The van der Waals surface area contributed by atoms with Crippen molar-refractivity contribution in [1.29, 1.82) is 0 Å². The number of aryl methyl sites for hydroxylation is 2. The highest BCUT2D eigenvalue weighted by atomic mass is 16.1. The highest BCUT2D eigenvalue weighted by molar-refractivity contribution is 5.95. The minimum absolute atomic E-state index is 0.00956. The zero-order valence-corrected chi connectivity index (χ0v) is 15.2. The lowest BCUT2D eigenvalue weighted by molar-refractivity contribution is 0.0868. The summed E-state index contributed by atoms with van der Waals surface area (Å²) in [7, 11) is 4.28. The summed E-state index contributed by atoms with van der Waals surface area (Å²) >= 11 is 0. The second kappa shape index (κ2) is 7.95. The fraction of sp³-hybridized carbons (Fsp3) is 0.778. The maximum absolute atomic E-state index is 12.6. The summed E-state index contributed by atoms with van der Waals surface area (Å²) in [5.74, 6) is 0.00956. The molecule has 1 heterocycles. The Hall–Kier alpha value is -1.36. The molecule has 0 spiro atoms. The molecule has 1 amide bonds. The lowest BCUT2D eigenvalue weighted by Gasteiger charge is -2.39. The molecule has 1 aliphatic rings. The molecule has 23 heavy (non-hydrogen) atoms. The summed E-state index contributed by atoms with van der Waals surface area (Å²) < 4.78 is 1.87. The van der Waals surface area contributed by atoms with Gasteiger partial charge in [0, 0.05) is 24.8 Å². The van der Waals surface area contributed by atoms with Crippen LogP contribution in [0, 0.1) is 6.92 Å². The normalized spacial score (nSPS) is 18.0. The molecule has 0 aliphatic heterocycles. The van der Waals surface area contributed by atoms with Gasteiger partial charge in [-0.05, 0) is 40.3 Å². The van der Waals surface area contributed by atoms with Crippen molar-refractivity contribution in [3.8, 4) is 0 Å². The van der Waals surface area contributed by atoms with E-state index in [1.807, 2.05) is 17.8 Å². The van der Waals surface area contributed by atoms with E-state index in [0.717, 1.165) is 38.0 Å². The minimum Gasteiger partial charge on any atom is -0.350 e. The standard InChI is InChI=1S/C18H32N4O/c1-5-12-22-13-16(15(2)20-22)17(23)19-14-18(21(3)4)10-8-6-7-9-11-18/h13H,5-12,14H2,1-4H3,(H,19,23). The summed E-state index contributed by atoms with van der Waals surface area (Å²) in [5.41, 5.74) is 1.62. The Labute approximate surface area is 140 Å². The van der Waals surface area contributed by atoms with Crippen LogP contribution < -0.4 is 5.32 Å². The van der Waals surface area contributed by atoms with Gasteiger partial charge in [-0.2, -0.15) is 5.10 Å². The van der Waals surface area contributed by atoms with E-state index in [4.69, 9.17) is 0 Å². The van der Waals surface area contributed by atoms with Crippen LogP contribution in [0.2, 0.25) is 0 Å². The van der Waals surface area contributed by atoms with Crippen LogP contribution in [-0.4, -0.2) is 46.8 Å². The highest BCUT2D eigenvalue weighted by Crippen LogP contribution is 2.30. The Bertz CT molecular complexity index is 513. The monoisotopic (exact) mass is 320 g/mol. The molecule has 0 unspecified atom stereocenters. The van der Waals surface area contributed by atoms with Gasteiger partial charge in [-0.1, -0.05) is 32.6 Å². The van der Waals surface area contributed by atoms with Gasteiger partial charge in [0.15, 0.2) is 0 Å². The molecule has 5 heteroatoms. The van der Waals surface area contributed by atoms with Crippen LogP contribution in [0.4, 0.5) is 0 Å². The summed E-state index contributed by atoms with van der Waals surface area (Å²) in [4.78, 5) is 14.9. The van der Waals surface area contributed by atoms with Crippen molar-refractivity contribution in [2.24, 2.45) is 0 Å². The average Bonchev–Trinajstić information content (AvgIpc) is 2.74. The lowest BCUT2D eigenvalue weighted by atomic mass is 9.88. The molecule has 0 aromatic carbocycles. The molecular formula is C18H32N4O. The van der Waals surface area contributed by atoms with E-state index < -0.39 is 0 Å². The van der Waals surface area contributed by atoms with Gasteiger partial charge in [-0.15, -0.1) is 0 Å². The van der Waals surface area contributed by atoms with Crippen molar-refractivity contribution in [3.63, 3.8) is 0 Å². The topological polar surface area (TPSA) is 50.2 Å². The fourth-order valence-electron chi connectivity index (χ4n) is 3.59. The Morgan fingerprint density at radius 2 is 1.96 bits per heavy atom. The Balaban J connectivity index is 2.04. The van der Waals surface area contributed by atoms with Crippen molar-refractivity contribution >= 4 is 5.91 Å². The van der Waals surface area contributed by atoms with Gasteiger partial charge in [0.25, 0.3) is 5.91 Å². The molecule has 5 nitrogen and oxygen atoms in total. The zero-order valence-electron chi connectivity index (χ0n) is 15.2. The minimum atomic E-state index is 0.00956. The number of carbonyl (C=O) groups is 1. The second-order valence-corrected chi connectivity index (χ2v) is 7.11. The molecule has 0 bridgehead atoms. The number of likely N-dealkylation sites (N-methyl/N-ethyl adjacent to an activating group) is 1. The smallest absolute Gasteiger partial charge is 0.254 e. The first-order valence-corrected chi connectivity index (χ1v) is 8.98. The molecule has 0 radical (unpaired) electrons. The number of hydrogen-bond acceptors (Lipinski definition) is 3. The van der Waals surface area contributed by atoms with E-state index in [1.165, 1.54) is 25.7 Å². The first kappa shape index (κ1) is 18.0. The SMILES string of the molecule is CCCn1cc(C(=O)NCC2(N(C)C)CCCCCC2)c(C)n1. The first-order chi connectivity index (χ1) is 11.0. The third kappa shape index (κ3) is 4.34. The largest absolute Gasteiger partial charge is 0.350 e. The molecule has 0 atom stereocenters. The molecule has 1 fully saturated rings. The number of hydrogen-bond donors (Lipinski definition) is 1. The van der Waals surface area contributed by atoms with Crippen molar-refractivity contribution in [3.05, 3.63) is 17.5 Å². The quantitative estimate of drug-likeness (QED) is 0.820. The Morgan fingerprint density at radius 3 is 2.52 bits per heavy atom. The van der Waals surface area contributed by atoms with Crippen LogP contribution in [0.1, 0.15) is 67.9 Å². The molecule has 1 saturated carbocycles. The van der Waals surface area contributed by atoms with E-state index in [1.54, 1.807) is 0 Å². The Morgan fingerprint density at radius 1 is 1.30 bits per heavy atom. The molecule has 2 rings (SSSR count). The van der Waals surface area contributed by atoms with E-state index in [-0.39, 0.29) is 11.4 Å². The van der Waals surface area contributed by atoms with Crippen LogP contribution in [0.3, 0.4) is 0 Å². The number of aromatic nitrogens is 2. The molecule has 1 aromatic heterocycles. The summed E-state index contributed by atoms with van der Waals surface area (Å²) in [6.07, 6.45) is 10.3. The van der Waals surface area contributed by atoms with Gasteiger partial charge in [-0.3, -0.25) is 9.48 Å². The second-order valence-electron chi connectivity index (χ2n) is 7.11. The molecule has 1 aromatic rings. The van der Waals surface area contributed by atoms with Crippen LogP contribution in [0.15, 0.2) is 6.20 Å². The summed E-state index contributed by atoms with van der Waals surface area (Å²) in [5, 5.41) is 7.61. The zero-order chi connectivity index (χ0) is 16.9. The van der Waals surface area contributed by atoms with Gasteiger partial charge in [0.05, 0.1) is 11.3 Å². The number of amides is 1. The van der Waals surface area contributed by atoms with Gasteiger partial charge in [0.1, 0.15) is 0 Å². The van der Waals surface area contributed by atoms with E-state index in [2.05, 4.69) is 36.3 Å². The average molecular weight is 320 g/mol. The number of rotatable bonds is 6. The Kier molecular flexibility index (Phi) is 6.22. The predicted octanol–water partition coefficient (Wildman–Crippen LogP) is 2.99. The van der Waals surface area contributed by atoms with E-state index in [9.17, 15) is 4.79 Å². The summed E-state index contributed by atoms with van der Waals surface area (Å²) in [6, 6.07) is 0. The molecular weight excluding hydrogens is 288 g/mol. The molecule has 1 aliphatic carbocycles. The van der Waals surface area contributed by atoms with Crippen molar-refractivity contribution in [2.75, 3.05) is 20.6 Å². The summed E-state index contributed by atoms with van der Waals surface area (Å²) in [6.45, 7) is 5.60. The number of nitrogens with one attached hydrogen (secondary N) is 1. The van der Waals surface area contributed by atoms with Crippen molar-refractivity contribution < 1.29 is 4.79 Å². The molecule has 1 N–H and O–H groups in total. The van der Waals surface area contributed by atoms with Crippen molar-refractivity contribution in [2.45, 2.75) is 70.9 Å².